The molecular weight excluding hydrogens is 1020 g/mol. The molecule has 406 valence electrons. The molecule has 4 heterocycles. The number of para-hydroxylation sites is 4. The average Bonchev–Trinajstić information content (AvgIpc) is 3.39. The average molecular weight is 1090 g/mol. The van der Waals surface area contributed by atoms with Crippen molar-refractivity contribution in [1.29, 1.82) is 0 Å². The van der Waals surface area contributed by atoms with Crippen molar-refractivity contribution in [3.63, 3.8) is 0 Å². The fraction of sp³-hybridized carbons (Fsp3) is 0.480. The summed E-state index contributed by atoms with van der Waals surface area (Å²) in [4.78, 5) is 164. The van der Waals surface area contributed by atoms with Crippen LogP contribution in [-0.2, 0) is 47.8 Å². The van der Waals surface area contributed by atoms with E-state index in [1.165, 1.54) is 54.4 Å². The van der Waals surface area contributed by atoms with Crippen LogP contribution in [0.3, 0.4) is 0 Å². The Morgan fingerprint density at radius 2 is 0.895 bits per heavy atom. The first-order valence-electron chi connectivity index (χ1n) is 24.3. The highest BCUT2D eigenvalue weighted by Gasteiger charge is 2.42. The molecule has 2 aromatic carbocycles. The van der Waals surface area contributed by atoms with Crippen LogP contribution in [0.4, 0.5) is 0 Å². The summed E-state index contributed by atoms with van der Waals surface area (Å²) in [6.45, 7) is 7.71. The predicted molar refractivity (Wildman–Crippen MR) is 280 cm³/mol. The van der Waals surface area contributed by atoms with Crippen LogP contribution in [0.2, 0.25) is 0 Å². The Morgan fingerprint density at radius 1 is 0.553 bits per heavy atom. The van der Waals surface area contributed by atoms with Crippen molar-refractivity contribution in [3.05, 3.63) is 72.3 Å². The Labute approximate surface area is 446 Å². The van der Waals surface area contributed by atoms with E-state index in [0.717, 1.165) is 41.2 Å². The molecule has 8 amide bonds. The minimum atomic E-state index is -1.65. The van der Waals surface area contributed by atoms with Crippen LogP contribution in [0.25, 0.3) is 22.1 Å². The molecule has 6 rings (SSSR count). The van der Waals surface area contributed by atoms with Crippen molar-refractivity contribution in [1.82, 2.24) is 60.8 Å². The molecule has 2 saturated heterocycles. The van der Waals surface area contributed by atoms with Gasteiger partial charge in [0.1, 0.15) is 72.9 Å². The Kier molecular flexibility index (Phi) is 19.3. The number of carbonyl (C=O) groups is 10. The van der Waals surface area contributed by atoms with Gasteiger partial charge in [-0.15, -0.1) is 0 Å². The number of carbonyl (C=O) groups excluding carboxylic acids is 10. The molecule has 4 N–H and O–H groups in total. The number of ether oxygens (including phenoxy) is 2. The molecule has 26 heteroatoms. The van der Waals surface area contributed by atoms with Crippen LogP contribution in [0.5, 0.6) is 0 Å². The standard InChI is InChI=1S/C50H62N12O12S2/c1-25(2)39-49(71)73-21-35(57-41(63)33-19-51-29-15-11-13-17-31(29)55-33)43(65)53-28(6)46(68)60(8)38-24-76-75-23-37(47(69)61(39)9)59(7)45(67)27(5)54-44(66)36(22-74-50(72)40(26(3)4)62(10)48(38)70)58-42(64)34-20-52-30-16-12-14-18-32(30)56-34/h11-20,25-28,35-40H,21-24H2,1-10H3,(H,53,65)(H,54,66)(H,57,63)(H,58,64)/t27-,28+,35+,36-,37+,38-,39-,40-/m0/s1. The van der Waals surface area contributed by atoms with Gasteiger partial charge in [-0.1, -0.05) is 73.5 Å². The van der Waals surface area contributed by atoms with Gasteiger partial charge in [0.05, 0.1) is 34.5 Å². The van der Waals surface area contributed by atoms with Gasteiger partial charge >= 0.3 is 11.9 Å². The number of cyclic esters (lactones) is 2. The molecule has 8 atom stereocenters. The van der Waals surface area contributed by atoms with Crippen molar-refractivity contribution in [3.8, 4) is 0 Å². The number of fused-ring (bicyclic) bond motifs is 7. The second kappa shape index (κ2) is 25.4. The summed E-state index contributed by atoms with van der Waals surface area (Å²) in [6, 6.07) is 2.10. The zero-order chi connectivity index (χ0) is 55.7. The SMILES string of the molecule is CC(C)[C@H]1C(=O)OC[C@@H](NC(=O)c2cnc3ccccc3n2)C(=O)N[C@H](C)C(=O)N(C)[C@H]2CSSC[C@H](C(=O)N1C)N(C)C(=O)[C@H](C)NC(=O)[C@@H](NC(=O)c1cnc3ccccc3n1)COC(=O)[C@H](C(C)C)N(C)C2=O. The first kappa shape index (κ1) is 57.8. The Balaban J connectivity index is 1.39. The first-order valence-corrected chi connectivity index (χ1v) is 26.8. The molecule has 0 unspecified atom stereocenters. The molecule has 76 heavy (non-hydrogen) atoms. The lowest BCUT2D eigenvalue weighted by Gasteiger charge is -2.37. The number of aromatic nitrogens is 4. The maximum atomic E-state index is 14.8. The third-order valence-corrected chi connectivity index (χ3v) is 15.2. The van der Waals surface area contributed by atoms with Crippen LogP contribution in [-0.4, -0.2) is 200 Å². The normalized spacial score (nSPS) is 24.7. The molecule has 2 aliphatic rings. The first-order chi connectivity index (χ1) is 36.0. The minimum Gasteiger partial charge on any atom is -0.461 e. The van der Waals surface area contributed by atoms with E-state index in [1.807, 2.05) is 0 Å². The van der Waals surface area contributed by atoms with E-state index in [2.05, 4.69) is 41.2 Å². The van der Waals surface area contributed by atoms with Crippen molar-refractivity contribution < 1.29 is 57.4 Å². The highest BCUT2D eigenvalue weighted by molar-refractivity contribution is 8.76. The molecule has 0 saturated carbocycles. The van der Waals surface area contributed by atoms with Crippen LogP contribution in [0, 0.1) is 11.8 Å². The lowest BCUT2D eigenvalue weighted by atomic mass is 10.0. The smallest absolute Gasteiger partial charge is 0.329 e. The van der Waals surface area contributed by atoms with Crippen LogP contribution >= 0.6 is 21.6 Å². The number of hydrogen-bond acceptors (Lipinski definition) is 18. The van der Waals surface area contributed by atoms with E-state index >= 15 is 0 Å². The van der Waals surface area contributed by atoms with Gasteiger partial charge in [-0.3, -0.25) is 48.3 Å². The van der Waals surface area contributed by atoms with Crippen molar-refractivity contribution >= 4 is 103 Å². The molecule has 0 aliphatic carbocycles. The molecule has 2 aliphatic heterocycles. The Hall–Kier alpha value is -7.48. The van der Waals surface area contributed by atoms with Crippen molar-refractivity contribution in [2.45, 2.75) is 89.9 Å². The van der Waals surface area contributed by atoms with Crippen molar-refractivity contribution in [2.24, 2.45) is 11.8 Å². The van der Waals surface area contributed by atoms with E-state index in [-0.39, 0.29) is 22.9 Å². The lowest BCUT2D eigenvalue weighted by Crippen LogP contribution is -2.60. The van der Waals surface area contributed by atoms with E-state index in [9.17, 15) is 47.9 Å². The molecule has 0 radical (unpaired) electrons. The third-order valence-electron chi connectivity index (χ3n) is 12.9. The number of nitrogens with zero attached hydrogens (tertiary/aromatic N) is 8. The number of nitrogens with one attached hydrogen (secondary N) is 4. The zero-order valence-electron chi connectivity index (χ0n) is 43.7. The summed E-state index contributed by atoms with van der Waals surface area (Å²) >= 11 is 0. The molecule has 2 bridgehead atoms. The molecule has 24 nitrogen and oxygen atoms in total. The quantitative estimate of drug-likeness (QED) is 0.152. The third kappa shape index (κ3) is 13.5. The summed E-state index contributed by atoms with van der Waals surface area (Å²) in [7, 11) is 7.48. The zero-order valence-corrected chi connectivity index (χ0v) is 45.3. The second-order valence-corrected chi connectivity index (χ2v) is 21.6. The van der Waals surface area contributed by atoms with E-state index in [0.29, 0.717) is 22.1 Å². The molecule has 2 fully saturated rings. The van der Waals surface area contributed by atoms with Gasteiger partial charge in [0.25, 0.3) is 11.8 Å². The Morgan fingerprint density at radius 3 is 1.24 bits per heavy atom. The number of benzene rings is 2. The second-order valence-electron chi connectivity index (χ2n) is 19.0. The van der Waals surface area contributed by atoms with E-state index in [4.69, 9.17) is 9.47 Å². The summed E-state index contributed by atoms with van der Waals surface area (Å²) in [5.41, 5.74) is 1.39. The molecule has 2 aromatic heterocycles. The highest BCUT2D eigenvalue weighted by atomic mass is 33.1. The minimum absolute atomic E-state index is 0.157. The summed E-state index contributed by atoms with van der Waals surface area (Å²) in [5, 5.41) is 10.2. The lowest BCUT2D eigenvalue weighted by molar-refractivity contribution is -0.160. The van der Waals surface area contributed by atoms with E-state index in [1.54, 1.807) is 76.2 Å². The highest BCUT2D eigenvalue weighted by Crippen LogP contribution is 2.29. The predicted octanol–water partition coefficient (Wildman–Crippen LogP) is 0.594. The van der Waals surface area contributed by atoms with Gasteiger partial charge in [-0.25, -0.2) is 19.6 Å². The van der Waals surface area contributed by atoms with Gasteiger partial charge in [-0.05, 0) is 49.9 Å². The van der Waals surface area contributed by atoms with Crippen molar-refractivity contribution in [2.75, 3.05) is 52.9 Å². The molecule has 0 spiro atoms. The fourth-order valence-corrected chi connectivity index (χ4v) is 11.1. The van der Waals surface area contributed by atoms with Gasteiger partial charge in [0, 0.05) is 39.7 Å². The van der Waals surface area contributed by atoms with Gasteiger partial charge in [-0.2, -0.15) is 0 Å². The number of hydrogen-bond donors (Lipinski definition) is 4. The maximum Gasteiger partial charge on any atom is 0.329 e. The number of likely N-dealkylation sites (N-methyl/N-ethyl adjacent to an activating group) is 4. The largest absolute Gasteiger partial charge is 0.461 e. The van der Waals surface area contributed by atoms with E-state index < -0.39 is 133 Å². The van der Waals surface area contributed by atoms with Gasteiger partial charge < -0.3 is 50.3 Å². The van der Waals surface area contributed by atoms with Crippen LogP contribution in [0.1, 0.15) is 62.5 Å². The van der Waals surface area contributed by atoms with Crippen LogP contribution < -0.4 is 21.3 Å². The summed E-state index contributed by atoms with van der Waals surface area (Å²) < 4.78 is 11.4. The molecule has 4 aromatic rings. The summed E-state index contributed by atoms with van der Waals surface area (Å²) in [6.07, 6.45) is 2.40. The van der Waals surface area contributed by atoms with Crippen LogP contribution in [0.15, 0.2) is 60.9 Å². The topological polar surface area (TPSA) is 302 Å². The fourth-order valence-electron chi connectivity index (χ4n) is 8.56. The van der Waals surface area contributed by atoms with Gasteiger partial charge in [0.15, 0.2) is 0 Å². The maximum absolute atomic E-state index is 14.8. The monoisotopic (exact) mass is 1090 g/mol. The number of esters is 2. The summed E-state index contributed by atoms with van der Waals surface area (Å²) in [5.74, 6) is -10.3. The number of amides is 8. The molecular formula is C50H62N12O12S2. The number of rotatable bonds is 6. The Bertz CT molecular complexity index is 2700. The van der Waals surface area contributed by atoms with Gasteiger partial charge in [0.2, 0.25) is 35.4 Å².